The van der Waals surface area contributed by atoms with Crippen molar-refractivity contribution in [2.45, 2.75) is 0 Å². The monoisotopic (exact) mass is 157 g/mol. The van der Waals surface area contributed by atoms with Gasteiger partial charge in [0.2, 0.25) is 0 Å². The van der Waals surface area contributed by atoms with E-state index in [0.717, 1.165) is 12.1 Å². The van der Waals surface area contributed by atoms with E-state index in [0.29, 0.717) is 5.06 Å². The lowest BCUT2D eigenvalue weighted by Gasteiger charge is -2.10. The number of benzene rings is 1. The highest BCUT2D eigenvalue weighted by molar-refractivity contribution is 5.48. The minimum absolute atomic E-state index is 0.0509. The van der Waals surface area contributed by atoms with E-state index < -0.39 is 5.82 Å². The maximum absolute atomic E-state index is 12.7. The maximum Gasteiger partial charge on any atom is 0.149 e. The molecule has 0 bridgehead atoms. The van der Waals surface area contributed by atoms with Gasteiger partial charge >= 0.3 is 0 Å². The van der Waals surface area contributed by atoms with E-state index in [9.17, 15) is 4.39 Å². The lowest BCUT2D eigenvalue weighted by atomic mass is 10.3. The van der Waals surface area contributed by atoms with Crippen LogP contribution in [0.5, 0.6) is 5.75 Å². The summed E-state index contributed by atoms with van der Waals surface area (Å²) in [6, 6.07) is 3.43. The highest BCUT2D eigenvalue weighted by Gasteiger charge is 2.05. The van der Waals surface area contributed by atoms with Gasteiger partial charge in [-0.05, 0) is 12.1 Å². The number of hydroxylamine groups is 1. The number of rotatable bonds is 1. The molecule has 60 valence electrons. The van der Waals surface area contributed by atoms with E-state index in [1.807, 2.05) is 0 Å². The summed E-state index contributed by atoms with van der Waals surface area (Å²) in [4.78, 5) is 0. The molecule has 0 saturated carbocycles. The lowest BCUT2D eigenvalue weighted by molar-refractivity contribution is 0.275. The molecule has 1 aromatic carbocycles. The Hall–Kier alpha value is -1.29. The highest BCUT2D eigenvalue weighted by atomic mass is 19.1. The number of anilines is 1. The van der Waals surface area contributed by atoms with Crippen LogP contribution in [0.1, 0.15) is 0 Å². The number of nitrogens with zero attached hydrogens (tertiary/aromatic N) is 1. The second-order valence-electron chi connectivity index (χ2n) is 2.16. The second kappa shape index (κ2) is 2.75. The first-order valence-electron chi connectivity index (χ1n) is 3.02. The molecule has 0 saturated heterocycles. The van der Waals surface area contributed by atoms with Gasteiger partial charge < -0.3 is 5.11 Å². The van der Waals surface area contributed by atoms with Crippen molar-refractivity contribution in [3.8, 4) is 5.75 Å². The van der Waals surface area contributed by atoms with Crippen molar-refractivity contribution in [1.82, 2.24) is 0 Å². The van der Waals surface area contributed by atoms with Crippen LogP contribution in [0.2, 0.25) is 0 Å². The van der Waals surface area contributed by atoms with Crippen LogP contribution in [-0.2, 0) is 0 Å². The SMILES string of the molecule is CN(O)c1cc(O)ccc1F. The topological polar surface area (TPSA) is 43.7 Å². The molecule has 1 aromatic rings. The van der Waals surface area contributed by atoms with Gasteiger partial charge in [0.15, 0.2) is 0 Å². The molecule has 0 aliphatic rings. The smallest absolute Gasteiger partial charge is 0.149 e. The van der Waals surface area contributed by atoms with Gasteiger partial charge in [-0.2, -0.15) is 0 Å². The third-order valence-electron chi connectivity index (χ3n) is 1.28. The van der Waals surface area contributed by atoms with Gasteiger partial charge in [-0.3, -0.25) is 10.3 Å². The normalized spacial score (nSPS) is 9.73. The first kappa shape index (κ1) is 7.81. The molecule has 0 spiro atoms. The van der Waals surface area contributed by atoms with Gasteiger partial charge in [-0.25, -0.2) is 4.39 Å². The Morgan fingerprint density at radius 1 is 1.45 bits per heavy atom. The first-order chi connectivity index (χ1) is 5.11. The Morgan fingerprint density at radius 3 is 2.55 bits per heavy atom. The molecule has 0 atom stereocenters. The van der Waals surface area contributed by atoms with E-state index in [-0.39, 0.29) is 11.4 Å². The quantitative estimate of drug-likeness (QED) is 0.605. The van der Waals surface area contributed by atoms with Crippen LogP contribution in [-0.4, -0.2) is 17.4 Å². The number of aromatic hydroxyl groups is 1. The molecule has 2 N–H and O–H groups in total. The molecule has 0 aromatic heterocycles. The molecule has 0 fully saturated rings. The van der Waals surface area contributed by atoms with Gasteiger partial charge in [0.05, 0.1) is 0 Å². The van der Waals surface area contributed by atoms with E-state index in [2.05, 4.69) is 0 Å². The number of phenolic OH excluding ortho intramolecular Hbond substituents is 1. The Balaban J connectivity index is 3.13. The summed E-state index contributed by atoms with van der Waals surface area (Å²) in [5, 5.41) is 18.3. The summed E-state index contributed by atoms with van der Waals surface area (Å²) < 4.78 is 12.7. The Morgan fingerprint density at radius 2 is 2.09 bits per heavy atom. The summed E-state index contributed by atoms with van der Waals surface area (Å²) in [7, 11) is 1.28. The average molecular weight is 157 g/mol. The minimum Gasteiger partial charge on any atom is -0.508 e. The summed E-state index contributed by atoms with van der Waals surface area (Å²) in [6.07, 6.45) is 0. The molecule has 4 heteroatoms. The molecule has 3 nitrogen and oxygen atoms in total. The molecule has 0 amide bonds. The molecule has 0 heterocycles. The predicted molar refractivity (Wildman–Crippen MR) is 38.3 cm³/mol. The number of phenols is 1. The molecule has 0 aliphatic carbocycles. The standard InChI is InChI=1S/C7H8FNO2/c1-9(11)7-4-5(10)2-3-6(7)8/h2-4,10-11H,1H3. The van der Waals surface area contributed by atoms with Crippen molar-refractivity contribution in [2.75, 3.05) is 12.1 Å². The number of hydrogen-bond acceptors (Lipinski definition) is 3. The zero-order chi connectivity index (χ0) is 8.43. The third-order valence-corrected chi connectivity index (χ3v) is 1.28. The van der Waals surface area contributed by atoms with Crippen molar-refractivity contribution in [2.24, 2.45) is 0 Å². The fourth-order valence-electron chi connectivity index (χ4n) is 0.749. The summed E-state index contributed by atoms with van der Waals surface area (Å²) in [5.74, 6) is -0.657. The summed E-state index contributed by atoms with van der Waals surface area (Å²) in [6.45, 7) is 0. The fourth-order valence-corrected chi connectivity index (χ4v) is 0.749. The largest absolute Gasteiger partial charge is 0.508 e. The van der Waals surface area contributed by atoms with E-state index >= 15 is 0 Å². The summed E-state index contributed by atoms with van der Waals surface area (Å²) >= 11 is 0. The lowest BCUT2D eigenvalue weighted by Crippen LogP contribution is -2.11. The van der Waals surface area contributed by atoms with E-state index in [1.165, 1.54) is 13.1 Å². The van der Waals surface area contributed by atoms with Crippen molar-refractivity contribution >= 4 is 5.69 Å². The molecular formula is C7H8FNO2. The van der Waals surface area contributed by atoms with Crippen LogP contribution in [0, 0.1) is 5.82 Å². The Labute approximate surface area is 63.3 Å². The molecule has 11 heavy (non-hydrogen) atoms. The van der Waals surface area contributed by atoms with Gasteiger partial charge in [0, 0.05) is 13.1 Å². The second-order valence-corrected chi connectivity index (χ2v) is 2.16. The molecule has 0 aliphatic heterocycles. The van der Waals surface area contributed by atoms with Crippen molar-refractivity contribution in [3.05, 3.63) is 24.0 Å². The Bertz CT molecular complexity index is 263. The van der Waals surface area contributed by atoms with Crippen LogP contribution < -0.4 is 5.06 Å². The number of hydrogen-bond donors (Lipinski definition) is 2. The van der Waals surface area contributed by atoms with Crippen LogP contribution in [0.15, 0.2) is 18.2 Å². The van der Waals surface area contributed by atoms with Crippen LogP contribution in [0.25, 0.3) is 0 Å². The van der Waals surface area contributed by atoms with Crippen LogP contribution in [0.4, 0.5) is 10.1 Å². The maximum atomic E-state index is 12.7. The first-order valence-corrected chi connectivity index (χ1v) is 3.02. The third kappa shape index (κ3) is 1.59. The zero-order valence-electron chi connectivity index (χ0n) is 5.95. The average Bonchev–Trinajstić information content (AvgIpc) is 1.94. The van der Waals surface area contributed by atoms with Crippen molar-refractivity contribution in [3.63, 3.8) is 0 Å². The van der Waals surface area contributed by atoms with Gasteiger partial charge in [0.25, 0.3) is 0 Å². The van der Waals surface area contributed by atoms with Gasteiger partial charge in [-0.1, -0.05) is 0 Å². The molecule has 0 unspecified atom stereocenters. The molecule has 1 rings (SSSR count). The van der Waals surface area contributed by atoms with Crippen molar-refractivity contribution in [1.29, 1.82) is 0 Å². The van der Waals surface area contributed by atoms with E-state index in [4.69, 9.17) is 10.3 Å². The van der Waals surface area contributed by atoms with Crippen LogP contribution >= 0.6 is 0 Å². The zero-order valence-corrected chi connectivity index (χ0v) is 5.95. The molecular weight excluding hydrogens is 149 g/mol. The van der Waals surface area contributed by atoms with Gasteiger partial charge in [0.1, 0.15) is 17.3 Å². The minimum atomic E-state index is -0.576. The Kier molecular flexibility index (Phi) is 1.96. The van der Waals surface area contributed by atoms with E-state index in [1.54, 1.807) is 0 Å². The molecule has 0 radical (unpaired) electrons. The summed E-state index contributed by atoms with van der Waals surface area (Å²) in [5.41, 5.74) is -0.0509. The predicted octanol–water partition coefficient (Wildman–Crippen LogP) is 1.36. The van der Waals surface area contributed by atoms with Gasteiger partial charge in [-0.15, -0.1) is 0 Å². The fraction of sp³-hybridized carbons (Fsp3) is 0.143. The highest BCUT2D eigenvalue weighted by Crippen LogP contribution is 2.21. The number of halogens is 1. The van der Waals surface area contributed by atoms with Crippen molar-refractivity contribution < 1.29 is 14.7 Å². The van der Waals surface area contributed by atoms with Crippen LogP contribution in [0.3, 0.4) is 0 Å².